The Morgan fingerprint density at radius 3 is 2.18 bits per heavy atom. The van der Waals surface area contributed by atoms with Crippen molar-refractivity contribution in [1.29, 1.82) is 0 Å². The van der Waals surface area contributed by atoms with Crippen molar-refractivity contribution >= 4 is 9.84 Å². The number of nitrogens with one attached hydrogen (secondary N) is 1. The highest BCUT2D eigenvalue weighted by atomic mass is 32.2. The third-order valence-corrected chi connectivity index (χ3v) is 3.69. The highest BCUT2D eigenvalue weighted by Gasteiger charge is 2.10. The van der Waals surface area contributed by atoms with E-state index in [1.165, 1.54) is 6.26 Å². The van der Waals surface area contributed by atoms with Crippen LogP contribution in [0.3, 0.4) is 0 Å². The summed E-state index contributed by atoms with van der Waals surface area (Å²) in [5.74, 6) is 2.59. The van der Waals surface area contributed by atoms with Crippen molar-refractivity contribution in [1.82, 2.24) is 5.32 Å². The standard InChI is InChI=1S/C13H17NO2S/c1-5-10(2)14-11(3)12-6-8-13(9-7-12)17(4,15)16/h1,6-11,14H,2-4H3. The summed E-state index contributed by atoms with van der Waals surface area (Å²) >= 11 is 0. The zero-order valence-corrected chi connectivity index (χ0v) is 11.1. The molecule has 0 aromatic heterocycles. The van der Waals surface area contributed by atoms with Crippen LogP contribution in [0, 0.1) is 12.3 Å². The van der Waals surface area contributed by atoms with E-state index in [2.05, 4.69) is 11.2 Å². The third kappa shape index (κ3) is 3.88. The fourth-order valence-electron chi connectivity index (χ4n) is 1.52. The maximum Gasteiger partial charge on any atom is 0.175 e. The SMILES string of the molecule is C#CC(C)NC(C)c1ccc(S(C)(=O)=O)cc1. The summed E-state index contributed by atoms with van der Waals surface area (Å²) in [5.41, 5.74) is 1.01. The molecule has 1 aromatic rings. The van der Waals surface area contributed by atoms with Gasteiger partial charge in [-0.1, -0.05) is 18.1 Å². The van der Waals surface area contributed by atoms with Crippen LogP contribution >= 0.6 is 0 Å². The molecule has 0 saturated carbocycles. The average molecular weight is 251 g/mol. The lowest BCUT2D eigenvalue weighted by molar-refractivity contribution is 0.546. The minimum absolute atomic E-state index is 0.0143. The Morgan fingerprint density at radius 1 is 1.24 bits per heavy atom. The Kier molecular flexibility index (Phi) is 4.33. The summed E-state index contributed by atoms with van der Waals surface area (Å²) in [6, 6.07) is 6.91. The summed E-state index contributed by atoms with van der Waals surface area (Å²) in [6.07, 6.45) is 6.49. The first-order valence-corrected chi connectivity index (χ1v) is 7.26. The molecular weight excluding hydrogens is 234 g/mol. The Bertz CT molecular complexity index is 511. The molecule has 0 aliphatic rings. The second-order valence-electron chi connectivity index (χ2n) is 4.12. The summed E-state index contributed by atoms with van der Waals surface area (Å²) in [6.45, 7) is 3.89. The highest BCUT2D eigenvalue weighted by molar-refractivity contribution is 7.90. The summed E-state index contributed by atoms with van der Waals surface area (Å²) < 4.78 is 22.6. The largest absolute Gasteiger partial charge is 0.297 e. The van der Waals surface area contributed by atoms with Crippen molar-refractivity contribution in [2.45, 2.75) is 30.8 Å². The van der Waals surface area contributed by atoms with Gasteiger partial charge in [0.15, 0.2) is 9.84 Å². The van der Waals surface area contributed by atoms with Crippen molar-refractivity contribution in [2.24, 2.45) is 0 Å². The van der Waals surface area contributed by atoms with Crippen LogP contribution in [0.2, 0.25) is 0 Å². The van der Waals surface area contributed by atoms with E-state index < -0.39 is 9.84 Å². The molecule has 1 aromatic carbocycles. The summed E-state index contributed by atoms with van der Waals surface area (Å²) in [4.78, 5) is 0.332. The van der Waals surface area contributed by atoms with Crippen LogP contribution < -0.4 is 5.32 Å². The zero-order valence-electron chi connectivity index (χ0n) is 10.3. The molecule has 0 bridgehead atoms. The van der Waals surface area contributed by atoms with Crippen molar-refractivity contribution < 1.29 is 8.42 Å². The van der Waals surface area contributed by atoms with Gasteiger partial charge in [-0.2, -0.15) is 0 Å². The summed E-state index contributed by atoms with van der Waals surface area (Å²) in [7, 11) is -3.13. The van der Waals surface area contributed by atoms with E-state index in [1.807, 2.05) is 13.8 Å². The minimum Gasteiger partial charge on any atom is -0.297 e. The zero-order chi connectivity index (χ0) is 13.1. The molecule has 0 fully saturated rings. The van der Waals surface area contributed by atoms with Gasteiger partial charge in [-0.25, -0.2) is 8.42 Å². The number of benzene rings is 1. The Morgan fingerprint density at radius 2 is 1.76 bits per heavy atom. The van der Waals surface area contributed by atoms with Crippen molar-refractivity contribution in [3.63, 3.8) is 0 Å². The number of hydrogen-bond acceptors (Lipinski definition) is 3. The average Bonchev–Trinajstić information content (AvgIpc) is 2.27. The molecule has 1 rings (SSSR count). The Labute approximate surface area is 103 Å². The van der Waals surface area contributed by atoms with Crippen molar-refractivity contribution in [3.8, 4) is 12.3 Å². The lowest BCUT2D eigenvalue weighted by Crippen LogP contribution is -2.27. The quantitative estimate of drug-likeness (QED) is 0.829. The van der Waals surface area contributed by atoms with Crippen LogP contribution in [0.4, 0.5) is 0 Å². The topological polar surface area (TPSA) is 46.2 Å². The van der Waals surface area contributed by atoms with Crippen LogP contribution in [0.15, 0.2) is 29.2 Å². The molecule has 0 amide bonds. The van der Waals surface area contributed by atoms with Gasteiger partial charge in [0.2, 0.25) is 0 Å². The van der Waals surface area contributed by atoms with Crippen molar-refractivity contribution in [2.75, 3.05) is 6.26 Å². The lowest BCUT2D eigenvalue weighted by atomic mass is 10.1. The molecule has 0 heterocycles. The first-order valence-electron chi connectivity index (χ1n) is 5.37. The van der Waals surface area contributed by atoms with E-state index in [0.717, 1.165) is 5.56 Å². The van der Waals surface area contributed by atoms with Gasteiger partial charge in [-0.3, -0.25) is 5.32 Å². The third-order valence-electron chi connectivity index (χ3n) is 2.56. The molecule has 0 aliphatic heterocycles. The fourth-order valence-corrected chi connectivity index (χ4v) is 2.15. The molecule has 0 aliphatic carbocycles. The predicted molar refractivity (Wildman–Crippen MR) is 69.4 cm³/mol. The van der Waals surface area contributed by atoms with Gasteiger partial charge in [0.25, 0.3) is 0 Å². The van der Waals surface area contributed by atoms with E-state index in [9.17, 15) is 8.42 Å². The first-order chi connectivity index (χ1) is 7.84. The number of terminal acetylenes is 1. The van der Waals surface area contributed by atoms with E-state index >= 15 is 0 Å². The van der Waals surface area contributed by atoms with Crippen LogP contribution in [-0.4, -0.2) is 20.7 Å². The lowest BCUT2D eigenvalue weighted by Gasteiger charge is -2.16. The predicted octanol–water partition coefficient (Wildman–Crippen LogP) is 1.76. The van der Waals surface area contributed by atoms with Gasteiger partial charge in [0.1, 0.15) is 0 Å². The van der Waals surface area contributed by atoms with Crippen LogP contribution in [-0.2, 0) is 9.84 Å². The molecule has 1 N–H and O–H groups in total. The molecule has 2 atom stereocenters. The van der Waals surface area contributed by atoms with E-state index in [-0.39, 0.29) is 12.1 Å². The minimum atomic E-state index is -3.13. The van der Waals surface area contributed by atoms with Gasteiger partial charge < -0.3 is 0 Å². The molecule has 2 unspecified atom stereocenters. The van der Waals surface area contributed by atoms with E-state index in [1.54, 1.807) is 24.3 Å². The maximum atomic E-state index is 11.3. The van der Waals surface area contributed by atoms with Crippen molar-refractivity contribution in [3.05, 3.63) is 29.8 Å². The van der Waals surface area contributed by atoms with Gasteiger partial charge in [-0.15, -0.1) is 6.42 Å². The molecule has 4 heteroatoms. The van der Waals surface area contributed by atoms with Crippen LogP contribution in [0.5, 0.6) is 0 Å². The molecule has 0 spiro atoms. The number of rotatable bonds is 4. The Hall–Kier alpha value is -1.31. The van der Waals surface area contributed by atoms with Crippen LogP contribution in [0.25, 0.3) is 0 Å². The van der Waals surface area contributed by atoms with Gasteiger partial charge >= 0.3 is 0 Å². The number of hydrogen-bond donors (Lipinski definition) is 1. The van der Waals surface area contributed by atoms with Gasteiger partial charge in [0.05, 0.1) is 10.9 Å². The highest BCUT2D eigenvalue weighted by Crippen LogP contribution is 2.16. The molecule has 17 heavy (non-hydrogen) atoms. The van der Waals surface area contributed by atoms with E-state index in [4.69, 9.17) is 6.42 Å². The maximum absolute atomic E-state index is 11.3. The molecule has 0 radical (unpaired) electrons. The fraction of sp³-hybridized carbons (Fsp3) is 0.385. The van der Waals surface area contributed by atoms with Gasteiger partial charge in [-0.05, 0) is 31.5 Å². The monoisotopic (exact) mass is 251 g/mol. The normalized spacial score (nSPS) is 14.9. The first kappa shape index (κ1) is 13.8. The molecular formula is C13H17NO2S. The van der Waals surface area contributed by atoms with Crippen LogP contribution in [0.1, 0.15) is 25.5 Å². The molecule has 92 valence electrons. The Balaban J connectivity index is 2.85. The van der Waals surface area contributed by atoms with E-state index in [0.29, 0.717) is 4.90 Å². The second kappa shape index (κ2) is 5.35. The number of sulfone groups is 1. The molecule has 3 nitrogen and oxygen atoms in total. The smallest absolute Gasteiger partial charge is 0.175 e. The van der Waals surface area contributed by atoms with Gasteiger partial charge in [0, 0.05) is 12.3 Å². The second-order valence-corrected chi connectivity index (χ2v) is 6.13. The summed E-state index contributed by atoms with van der Waals surface area (Å²) in [5, 5.41) is 3.22. The molecule has 0 saturated heterocycles.